The maximum Gasteiger partial charge on any atom is 0.407 e. The van der Waals surface area contributed by atoms with Crippen molar-refractivity contribution in [3.05, 3.63) is 64.1 Å². The van der Waals surface area contributed by atoms with Gasteiger partial charge in [-0.2, -0.15) is 5.26 Å². The molecule has 0 bridgehead atoms. The molecule has 190 valence electrons. The van der Waals surface area contributed by atoms with Crippen molar-refractivity contribution in [3.8, 4) is 11.8 Å². The third-order valence-corrected chi connectivity index (χ3v) is 6.96. The SMILES string of the molecule is CNc1sc2c(c1C#N)CCC(OC(=O)NCc1cn(C)cn1)C2.COc1cccc(CCC=O)c1. The summed E-state index contributed by atoms with van der Waals surface area (Å²) in [6.45, 7) is 0.346. The van der Waals surface area contributed by atoms with Crippen molar-refractivity contribution in [2.45, 2.75) is 44.8 Å². The number of ether oxygens (including phenoxy) is 2. The minimum atomic E-state index is -0.431. The summed E-state index contributed by atoms with van der Waals surface area (Å²) < 4.78 is 12.4. The zero-order valence-electron chi connectivity index (χ0n) is 20.7. The number of amides is 1. The number of fused-ring (bicyclic) bond motifs is 1. The summed E-state index contributed by atoms with van der Waals surface area (Å²) in [6, 6.07) is 10.0. The second-order valence-corrected chi connectivity index (χ2v) is 9.39. The summed E-state index contributed by atoms with van der Waals surface area (Å²) in [5.41, 5.74) is 3.76. The van der Waals surface area contributed by atoms with Crippen molar-refractivity contribution in [2.24, 2.45) is 7.05 Å². The van der Waals surface area contributed by atoms with Crippen molar-refractivity contribution in [3.63, 3.8) is 0 Å². The Bertz CT molecular complexity index is 1210. The maximum absolute atomic E-state index is 12.0. The molecule has 1 aromatic carbocycles. The van der Waals surface area contributed by atoms with Crippen molar-refractivity contribution in [2.75, 3.05) is 19.5 Å². The lowest BCUT2D eigenvalue weighted by atomic mass is 9.94. The van der Waals surface area contributed by atoms with Crippen LogP contribution in [-0.2, 0) is 42.4 Å². The summed E-state index contributed by atoms with van der Waals surface area (Å²) in [5.74, 6) is 0.846. The van der Waals surface area contributed by atoms with Gasteiger partial charge in [-0.25, -0.2) is 9.78 Å². The summed E-state index contributed by atoms with van der Waals surface area (Å²) in [7, 11) is 5.33. The van der Waals surface area contributed by atoms with Gasteiger partial charge in [-0.3, -0.25) is 0 Å². The Hall–Kier alpha value is -3.84. The van der Waals surface area contributed by atoms with E-state index in [-0.39, 0.29) is 6.10 Å². The normalized spacial score (nSPS) is 13.9. The molecule has 2 aromatic heterocycles. The number of rotatable bonds is 8. The van der Waals surface area contributed by atoms with Crippen molar-refractivity contribution >= 4 is 28.7 Å². The molecule has 1 atom stereocenters. The summed E-state index contributed by atoms with van der Waals surface area (Å²) >= 11 is 1.57. The van der Waals surface area contributed by atoms with Crippen LogP contribution < -0.4 is 15.4 Å². The Kier molecular flexibility index (Phi) is 9.89. The van der Waals surface area contributed by atoms with Crippen LogP contribution in [0, 0.1) is 11.3 Å². The summed E-state index contributed by atoms with van der Waals surface area (Å²) in [6.07, 6.45) is 7.40. The molecule has 36 heavy (non-hydrogen) atoms. The standard InChI is InChI=1S/C16H19N5O2S.C10H12O2/c1-18-15-13(6-17)12-4-3-11(5-14(12)24-15)23-16(22)19-7-10-8-21(2)9-20-10;1-12-10-6-2-4-9(8-10)5-3-7-11/h8-9,11,18H,3-5,7H2,1-2H3,(H,19,22);2,4,6-8H,3,5H2,1H3. The number of carbonyl (C=O) groups excluding carboxylic acids is 2. The first-order valence-electron chi connectivity index (χ1n) is 11.7. The van der Waals surface area contributed by atoms with E-state index in [4.69, 9.17) is 9.47 Å². The van der Waals surface area contributed by atoms with Crippen LogP contribution in [0.5, 0.6) is 5.75 Å². The molecule has 0 radical (unpaired) electrons. The molecule has 0 saturated heterocycles. The Morgan fingerprint density at radius 2 is 2.25 bits per heavy atom. The molecule has 1 aliphatic rings. The van der Waals surface area contributed by atoms with Gasteiger partial charge >= 0.3 is 6.09 Å². The number of hydrogen-bond donors (Lipinski definition) is 2. The number of aryl methyl sites for hydroxylation is 2. The smallest absolute Gasteiger partial charge is 0.407 e. The van der Waals surface area contributed by atoms with E-state index in [1.165, 1.54) is 0 Å². The van der Waals surface area contributed by atoms with Gasteiger partial charge in [-0.15, -0.1) is 11.3 Å². The molecule has 0 spiro atoms. The molecule has 1 unspecified atom stereocenters. The van der Waals surface area contributed by atoms with Crippen molar-refractivity contribution < 1.29 is 19.1 Å². The van der Waals surface area contributed by atoms with Gasteiger partial charge in [0, 0.05) is 38.0 Å². The van der Waals surface area contributed by atoms with Gasteiger partial charge in [0.25, 0.3) is 0 Å². The van der Waals surface area contributed by atoms with Crippen LogP contribution >= 0.6 is 11.3 Å². The molecule has 0 fully saturated rings. The van der Waals surface area contributed by atoms with Gasteiger partial charge in [-0.05, 0) is 42.5 Å². The van der Waals surface area contributed by atoms with Crippen molar-refractivity contribution in [1.29, 1.82) is 5.26 Å². The predicted molar refractivity (Wildman–Crippen MR) is 138 cm³/mol. The molecule has 0 aliphatic heterocycles. The zero-order chi connectivity index (χ0) is 25.9. The van der Waals surface area contributed by atoms with Gasteiger partial charge in [0.15, 0.2) is 0 Å². The van der Waals surface area contributed by atoms with Crippen LogP contribution in [0.25, 0.3) is 0 Å². The number of hydrogen-bond acceptors (Lipinski definition) is 8. The molecule has 9 nitrogen and oxygen atoms in total. The topological polar surface area (TPSA) is 118 Å². The second-order valence-electron chi connectivity index (χ2n) is 8.28. The van der Waals surface area contributed by atoms with Crippen LogP contribution in [0.4, 0.5) is 9.80 Å². The summed E-state index contributed by atoms with van der Waals surface area (Å²) in [4.78, 5) is 27.3. The number of aldehydes is 1. The van der Waals surface area contributed by atoms with Gasteiger partial charge in [0.05, 0.1) is 31.2 Å². The number of nitriles is 1. The molecule has 0 saturated carbocycles. The summed E-state index contributed by atoms with van der Waals surface area (Å²) in [5, 5.41) is 16.0. The van der Waals surface area contributed by atoms with E-state index in [0.29, 0.717) is 19.4 Å². The Balaban J connectivity index is 0.000000253. The van der Waals surface area contributed by atoms with Crippen LogP contribution in [0.15, 0.2) is 36.8 Å². The number of methoxy groups -OCH3 is 1. The lowest BCUT2D eigenvalue weighted by Crippen LogP contribution is -2.31. The lowest BCUT2D eigenvalue weighted by Gasteiger charge is -2.22. The molecule has 1 amide bonds. The van der Waals surface area contributed by atoms with Gasteiger partial charge in [0.2, 0.25) is 0 Å². The first kappa shape index (κ1) is 26.8. The Labute approximate surface area is 215 Å². The number of benzene rings is 1. The van der Waals surface area contributed by atoms with Crippen molar-refractivity contribution in [1.82, 2.24) is 14.9 Å². The fourth-order valence-corrected chi connectivity index (χ4v) is 5.13. The van der Waals surface area contributed by atoms with Gasteiger partial charge < -0.3 is 29.5 Å². The van der Waals surface area contributed by atoms with E-state index in [1.54, 1.807) is 24.8 Å². The van der Waals surface area contributed by atoms with E-state index in [1.807, 2.05) is 49.1 Å². The number of aromatic nitrogens is 2. The number of nitrogens with one attached hydrogen (secondary N) is 2. The number of carbonyl (C=O) groups is 2. The predicted octanol–water partition coefficient (Wildman–Crippen LogP) is 4.01. The van der Waals surface area contributed by atoms with Gasteiger partial charge in [0.1, 0.15) is 29.2 Å². The largest absolute Gasteiger partial charge is 0.497 e. The molecule has 10 heteroatoms. The second kappa shape index (κ2) is 13.3. The fourth-order valence-electron chi connectivity index (χ4n) is 3.92. The molecule has 4 rings (SSSR count). The minimum absolute atomic E-state index is 0.156. The molecule has 2 N–H and O–H groups in total. The molecular formula is C26H31N5O4S. The Morgan fingerprint density at radius 3 is 2.92 bits per heavy atom. The fraction of sp³-hybridized carbons (Fsp3) is 0.385. The van der Waals surface area contributed by atoms with E-state index in [2.05, 4.69) is 21.7 Å². The van der Waals surface area contributed by atoms with E-state index in [0.717, 1.165) is 63.6 Å². The van der Waals surface area contributed by atoms with Gasteiger partial charge in [-0.1, -0.05) is 12.1 Å². The van der Waals surface area contributed by atoms with Crippen LogP contribution in [0.3, 0.4) is 0 Å². The monoisotopic (exact) mass is 509 g/mol. The molecule has 1 aliphatic carbocycles. The van der Waals surface area contributed by atoms with Crippen LogP contribution in [-0.4, -0.2) is 42.2 Å². The minimum Gasteiger partial charge on any atom is -0.497 e. The highest BCUT2D eigenvalue weighted by Gasteiger charge is 2.27. The number of alkyl carbamates (subject to hydrolysis) is 1. The number of nitrogens with zero attached hydrogens (tertiary/aromatic N) is 3. The first-order valence-corrected chi connectivity index (χ1v) is 12.5. The highest BCUT2D eigenvalue weighted by molar-refractivity contribution is 7.16. The quantitative estimate of drug-likeness (QED) is 0.441. The molecule has 3 aromatic rings. The number of thiophene rings is 1. The number of imidazole rings is 1. The highest BCUT2D eigenvalue weighted by atomic mass is 32.1. The third kappa shape index (κ3) is 7.33. The van der Waals surface area contributed by atoms with Crippen LogP contribution in [0.2, 0.25) is 0 Å². The average Bonchev–Trinajstić information content (AvgIpc) is 3.48. The third-order valence-electron chi connectivity index (χ3n) is 5.69. The maximum atomic E-state index is 12.0. The van der Waals surface area contributed by atoms with Crippen LogP contribution in [0.1, 0.15) is 40.1 Å². The number of anilines is 1. The van der Waals surface area contributed by atoms with E-state index in [9.17, 15) is 14.9 Å². The lowest BCUT2D eigenvalue weighted by molar-refractivity contribution is -0.107. The molecule has 2 heterocycles. The Morgan fingerprint density at radius 1 is 1.42 bits per heavy atom. The van der Waals surface area contributed by atoms with E-state index < -0.39 is 6.09 Å². The first-order chi connectivity index (χ1) is 17.5. The zero-order valence-corrected chi connectivity index (χ0v) is 21.6. The molecular weight excluding hydrogens is 478 g/mol. The average molecular weight is 510 g/mol. The highest BCUT2D eigenvalue weighted by Crippen LogP contribution is 2.38. The van der Waals surface area contributed by atoms with E-state index >= 15 is 0 Å².